The van der Waals surface area contributed by atoms with Crippen LogP contribution in [0.25, 0.3) is 28.0 Å². The van der Waals surface area contributed by atoms with E-state index >= 15 is 0 Å². The lowest BCUT2D eigenvalue weighted by Crippen LogP contribution is -2.01. The highest BCUT2D eigenvalue weighted by Gasteiger charge is 2.19. The summed E-state index contributed by atoms with van der Waals surface area (Å²) in [6.45, 7) is 0. The second-order valence-electron chi connectivity index (χ2n) is 5.52. The number of rotatable bonds is 3. The van der Waals surface area contributed by atoms with E-state index in [9.17, 15) is 9.90 Å². The number of hydrogen-bond donors (Lipinski definition) is 1. The highest BCUT2D eigenvalue weighted by Crippen LogP contribution is 2.25. The molecule has 4 aromatic rings. The van der Waals surface area contributed by atoms with Gasteiger partial charge in [0.25, 0.3) is 0 Å². The number of fused-ring (bicyclic) bond motifs is 1. The van der Waals surface area contributed by atoms with Gasteiger partial charge in [0.1, 0.15) is 0 Å². The first-order chi connectivity index (χ1) is 12.0. The van der Waals surface area contributed by atoms with Crippen molar-refractivity contribution >= 4 is 39.6 Å². The number of aryl methyl sites for hydroxylation is 1. The topological polar surface area (TPSA) is 85.8 Å². The zero-order valence-corrected chi connectivity index (χ0v) is 15.2. The first kappa shape index (κ1) is 15.8. The molecule has 0 aliphatic rings. The van der Waals surface area contributed by atoms with E-state index in [2.05, 4.69) is 37.8 Å². The third-order valence-corrected chi connectivity index (χ3v) is 4.46. The van der Waals surface area contributed by atoms with Gasteiger partial charge in [-0.25, -0.2) is 14.5 Å². The molecular weight excluding hydrogens is 433 g/mol. The lowest BCUT2D eigenvalue weighted by atomic mass is 10.2. The van der Waals surface area contributed by atoms with Gasteiger partial charge in [-0.2, -0.15) is 10.2 Å². The fourth-order valence-electron chi connectivity index (χ4n) is 2.66. The standard InChI is InChI=1S/C17H12IN5O2/c1-22-9-10(8-19-22)14-6-5-13-15(17(24)25)21-23(16(13)20-14)12-4-2-3-11(18)7-12/h2-9H,1H3,(H,24,25). The quantitative estimate of drug-likeness (QED) is 0.490. The molecule has 3 heterocycles. The van der Waals surface area contributed by atoms with Crippen LogP contribution in [0, 0.1) is 3.57 Å². The second-order valence-corrected chi connectivity index (χ2v) is 6.76. The normalized spacial score (nSPS) is 11.1. The number of nitrogens with zero attached hydrogens (tertiary/aromatic N) is 5. The predicted octanol–water partition coefficient (Wildman–Crippen LogP) is 3.12. The van der Waals surface area contributed by atoms with E-state index in [4.69, 9.17) is 0 Å². The van der Waals surface area contributed by atoms with Gasteiger partial charge in [0.15, 0.2) is 11.3 Å². The van der Waals surface area contributed by atoms with Gasteiger partial charge in [-0.05, 0) is 52.9 Å². The number of carboxylic acids is 1. The van der Waals surface area contributed by atoms with E-state index in [1.54, 1.807) is 27.7 Å². The zero-order chi connectivity index (χ0) is 17.6. The molecule has 25 heavy (non-hydrogen) atoms. The molecule has 0 saturated heterocycles. The van der Waals surface area contributed by atoms with Crippen LogP contribution in [0.2, 0.25) is 0 Å². The highest BCUT2D eigenvalue weighted by atomic mass is 127. The number of carboxylic acid groups (broad SMARTS) is 1. The van der Waals surface area contributed by atoms with Gasteiger partial charge in [0.2, 0.25) is 0 Å². The summed E-state index contributed by atoms with van der Waals surface area (Å²) in [5.41, 5.74) is 2.82. The van der Waals surface area contributed by atoms with Crippen LogP contribution in [0.1, 0.15) is 10.5 Å². The molecule has 0 fully saturated rings. The van der Waals surface area contributed by atoms with E-state index in [-0.39, 0.29) is 5.69 Å². The monoisotopic (exact) mass is 445 g/mol. The summed E-state index contributed by atoms with van der Waals surface area (Å²) in [7, 11) is 1.83. The summed E-state index contributed by atoms with van der Waals surface area (Å²) in [6.07, 6.45) is 3.58. The minimum absolute atomic E-state index is 0.0147. The van der Waals surface area contributed by atoms with Crippen molar-refractivity contribution in [3.63, 3.8) is 0 Å². The maximum atomic E-state index is 11.6. The number of aromatic carboxylic acids is 1. The summed E-state index contributed by atoms with van der Waals surface area (Å²) in [6, 6.07) is 11.2. The van der Waals surface area contributed by atoms with Gasteiger partial charge in [0.05, 0.1) is 23.0 Å². The molecule has 3 aromatic heterocycles. The SMILES string of the molecule is Cn1cc(-c2ccc3c(C(=O)O)nn(-c4cccc(I)c4)c3n2)cn1. The summed E-state index contributed by atoms with van der Waals surface area (Å²) in [5.74, 6) is -1.08. The number of benzene rings is 1. The second kappa shape index (κ2) is 5.96. The maximum Gasteiger partial charge on any atom is 0.357 e. The maximum absolute atomic E-state index is 11.6. The average Bonchev–Trinajstić information content (AvgIpc) is 3.18. The van der Waals surface area contributed by atoms with Crippen LogP contribution >= 0.6 is 22.6 Å². The molecule has 0 aliphatic carbocycles. The lowest BCUT2D eigenvalue weighted by molar-refractivity contribution is 0.0692. The zero-order valence-electron chi connectivity index (χ0n) is 13.1. The Morgan fingerprint density at radius 2 is 2.08 bits per heavy atom. The van der Waals surface area contributed by atoms with Gasteiger partial charge in [-0.1, -0.05) is 6.07 Å². The molecule has 0 amide bonds. The van der Waals surface area contributed by atoms with Crippen LogP contribution in [0.5, 0.6) is 0 Å². The van der Waals surface area contributed by atoms with Crippen LogP contribution in [-0.2, 0) is 7.05 Å². The fraction of sp³-hybridized carbons (Fsp3) is 0.0588. The lowest BCUT2D eigenvalue weighted by Gasteiger charge is -2.04. The molecular formula is C17H12IN5O2. The molecule has 0 aliphatic heterocycles. The molecule has 0 atom stereocenters. The molecule has 0 radical (unpaired) electrons. The van der Waals surface area contributed by atoms with E-state index in [0.29, 0.717) is 16.7 Å². The molecule has 4 rings (SSSR count). The van der Waals surface area contributed by atoms with Crippen molar-refractivity contribution in [1.82, 2.24) is 24.5 Å². The van der Waals surface area contributed by atoms with Crippen LogP contribution in [0.4, 0.5) is 0 Å². The Morgan fingerprint density at radius 3 is 2.76 bits per heavy atom. The Kier molecular flexibility index (Phi) is 3.75. The molecule has 1 N–H and O–H groups in total. The van der Waals surface area contributed by atoms with Gasteiger partial charge in [0, 0.05) is 22.4 Å². The van der Waals surface area contributed by atoms with Crippen LogP contribution in [-0.4, -0.2) is 35.6 Å². The largest absolute Gasteiger partial charge is 0.476 e. The Morgan fingerprint density at radius 1 is 1.24 bits per heavy atom. The molecule has 1 aromatic carbocycles. The summed E-state index contributed by atoms with van der Waals surface area (Å²) < 4.78 is 4.29. The van der Waals surface area contributed by atoms with Crippen molar-refractivity contribution in [2.45, 2.75) is 0 Å². The van der Waals surface area contributed by atoms with Crippen molar-refractivity contribution < 1.29 is 9.90 Å². The van der Waals surface area contributed by atoms with Crippen LogP contribution in [0.15, 0.2) is 48.8 Å². The number of carbonyl (C=O) groups is 1. The Labute approximate surface area is 156 Å². The van der Waals surface area contributed by atoms with Gasteiger partial charge < -0.3 is 5.11 Å². The van der Waals surface area contributed by atoms with Crippen LogP contribution < -0.4 is 0 Å². The summed E-state index contributed by atoms with van der Waals surface area (Å²) in [4.78, 5) is 16.2. The van der Waals surface area contributed by atoms with E-state index in [1.165, 1.54) is 0 Å². The van der Waals surface area contributed by atoms with Crippen molar-refractivity contribution in [1.29, 1.82) is 0 Å². The van der Waals surface area contributed by atoms with E-state index < -0.39 is 5.97 Å². The summed E-state index contributed by atoms with van der Waals surface area (Å²) in [5, 5.41) is 18.4. The van der Waals surface area contributed by atoms with Gasteiger partial charge in [-0.3, -0.25) is 4.68 Å². The van der Waals surface area contributed by atoms with Crippen molar-refractivity contribution in [2.75, 3.05) is 0 Å². The summed E-state index contributed by atoms with van der Waals surface area (Å²) >= 11 is 2.21. The molecule has 8 heteroatoms. The van der Waals surface area contributed by atoms with E-state index in [1.807, 2.05) is 37.5 Å². The fourth-order valence-corrected chi connectivity index (χ4v) is 3.18. The minimum Gasteiger partial charge on any atom is -0.476 e. The molecule has 124 valence electrons. The van der Waals surface area contributed by atoms with Gasteiger partial charge in [-0.15, -0.1) is 0 Å². The third kappa shape index (κ3) is 2.78. The Bertz CT molecular complexity index is 1120. The number of hydrogen-bond acceptors (Lipinski definition) is 4. The Hall–Kier alpha value is -2.75. The smallest absolute Gasteiger partial charge is 0.357 e. The molecule has 0 saturated carbocycles. The first-order valence-corrected chi connectivity index (χ1v) is 8.49. The van der Waals surface area contributed by atoms with Crippen molar-refractivity contribution in [3.8, 4) is 16.9 Å². The Balaban J connectivity index is 1.99. The predicted molar refractivity (Wildman–Crippen MR) is 101 cm³/mol. The number of aromatic nitrogens is 5. The first-order valence-electron chi connectivity index (χ1n) is 7.41. The molecule has 0 bridgehead atoms. The molecule has 0 spiro atoms. The van der Waals surface area contributed by atoms with E-state index in [0.717, 1.165) is 14.8 Å². The number of pyridine rings is 1. The van der Waals surface area contributed by atoms with Crippen molar-refractivity contribution in [2.24, 2.45) is 7.05 Å². The average molecular weight is 445 g/mol. The van der Waals surface area contributed by atoms with Crippen LogP contribution in [0.3, 0.4) is 0 Å². The molecule has 7 nitrogen and oxygen atoms in total. The third-order valence-electron chi connectivity index (χ3n) is 3.79. The highest BCUT2D eigenvalue weighted by molar-refractivity contribution is 14.1. The number of halogens is 1. The van der Waals surface area contributed by atoms with Crippen molar-refractivity contribution in [3.05, 3.63) is 58.1 Å². The molecule has 0 unspecified atom stereocenters. The van der Waals surface area contributed by atoms with Gasteiger partial charge >= 0.3 is 5.97 Å². The minimum atomic E-state index is -1.08.